The van der Waals surface area contributed by atoms with Gasteiger partial charge in [0.2, 0.25) is 0 Å². The third kappa shape index (κ3) is 1.96. The van der Waals surface area contributed by atoms with Crippen LogP contribution < -0.4 is 10.2 Å². The Labute approximate surface area is 93.9 Å². The highest BCUT2D eigenvalue weighted by Gasteiger charge is 2.17. The fraction of sp³-hybridized carbons (Fsp3) is 0.0909. The number of hydrogen-bond acceptors (Lipinski definition) is 3. The second kappa shape index (κ2) is 4.43. The lowest BCUT2D eigenvalue weighted by atomic mass is 9.79. The van der Waals surface area contributed by atoms with Crippen LogP contribution in [0.15, 0.2) is 42.7 Å². The molecule has 0 amide bonds. The first-order valence-electron chi connectivity index (χ1n) is 4.90. The Hall–Kier alpha value is -1.72. The monoisotopic (exact) mass is 217 g/mol. The minimum atomic E-state index is -1.52. The van der Waals surface area contributed by atoms with Gasteiger partial charge in [-0.25, -0.2) is 0 Å². The molecule has 16 heavy (non-hydrogen) atoms. The van der Waals surface area contributed by atoms with Crippen LogP contribution in [-0.4, -0.2) is 28.8 Å². The maximum atomic E-state index is 9.13. The van der Waals surface area contributed by atoms with Crippen molar-refractivity contribution in [3.63, 3.8) is 0 Å². The van der Waals surface area contributed by atoms with Crippen LogP contribution in [0.1, 0.15) is 0 Å². The quantitative estimate of drug-likeness (QED) is 0.720. The molecular formula is C11H12BNO3. The van der Waals surface area contributed by atoms with Crippen molar-refractivity contribution < 1.29 is 14.8 Å². The molecule has 0 atom stereocenters. The molecule has 0 spiro atoms. The van der Waals surface area contributed by atoms with Gasteiger partial charge in [-0.2, -0.15) is 0 Å². The summed E-state index contributed by atoms with van der Waals surface area (Å²) in [5.41, 5.74) is 1.27. The van der Waals surface area contributed by atoms with E-state index >= 15 is 0 Å². The molecular weight excluding hydrogens is 205 g/mol. The van der Waals surface area contributed by atoms with Crippen molar-refractivity contribution in [2.45, 2.75) is 0 Å². The summed E-state index contributed by atoms with van der Waals surface area (Å²) in [5, 5.41) is 18.3. The molecule has 0 fully saturated rings. The Bertz CT molecular complexity index is 468. The standard InChI is InChI=1S/C11H12BNO3/c1-16-11-8-9(13-6-2-3-7-13)4-5-10(11)12(14)15/h2-8,14-15H,1H3. The van der Waals surface area contributed by atoms with Crippen LogP contribution in [0, 0.1) is 0 Å². The van der Waals surface area contributed by atoms with Gasteiger partial charge in [0.25, 0.3) is 0 Å². The topological polar surface area (TPSA) is 54.6 Å². The van der Waals surface area contributed by atoms with E-state index in [-0.39, 0.29) is 0 Å². The first kappa shape index (κ1) is 10.8. The van der Waals surface area contributed by atoms with Gasteiger partial charge in [0, 0.05) is 29.6 Å². The summed E-state index contributed by atoms with van der Waals surface area (Å²) >= 11 is 0. The van der Waals surface area contributed by atoms with E-state index in [1.54, 1.807) is 18.2 Å². The van der Waals surface area contributed by atoms with Gasteiger partial charge < -0.3 is 19.4 Å². The zero-order valence-corrected chi connectivity index (χ0v) is 8.87. The smallest absolute Gasteiger partial charge is 0.492 e. The summed E-state index contributed by atoms with van der Waals surface area (Å²) in [4.78, 5) is 0. The van der Waals surface area contributed by atoms with Crippen molar-refractivity contribution in [2.75, 3.05) is 7.11 Å². The highest BCUT2D eigenvalue weighted by molar-refractivity contribution is 6.59. The van der Waals surface area contributed by atoms with Crippen LogP contribution >= 0.6 is 0 Å². The average molecular weight is 217 g/mol. The van der Waals surface area contributed by atoms with Gasteiger partial charge in [-0.05, 0) is 18.2 Å². The Morgan fingerprint density at radius 1 is 1.19 bits per heavy atom. The third-order valence-electron chi connectivity index (χ3n) is 2.40. The number of nitrogens with zero attached hydrogens (tertiary/aromatic N) is 1. The fourth-order valence-corrected chi connectivity index (χ4v) is 1.58. The van der Waals surface area contributed by atoms with Crippen LogP contribution in [0.3, 0.4) is 0 Å². The van der Waals surface area contributed by atoms with Gasteiger partial charge in [0.15, 0.2) is 0 Å². The van der Waals surface area contributed by atoms with Gasteiger partial charge in [0.1, 0.15) is 5.75 Å². The lowest BCUT2D eigenvalue weighted by molar-refractivity contribution is 0.403. The molecule has 0 unspecified atom stereocenters. The van der Waals surface area contributed by atoms with Crippen LogP contribution in [0.2, 0.25) is 0 Å². The highest BCUT2D eigenvalue weighted by Crippen LogP contribution is 2.15. The molecule has 0 aliphatic rings. The minimum Gasteiger partial charge on any atom is -0.497 e. The Morgan fingerprint density at radius 2 is 1.88 bits per heavy atom. The Balaban J connectivity index is 2.45. The number of aromatic nitrogens is 1. The molecule has 5 heteroatoms. The Kier molecular flexibility index (Phi) is 2.98. The summed E-state index contributed by atoms with van der Waals surface area (Å²) in [5.74, 6) is 0.459. The first-order chi connectivity index (χ1) is 7.72. The van der Waals surface area contributed by atoms with E-state index in [0.29, 0.717) is 11.2 Å². The van der Waals surface area contributed by atoms with Gasteiger partial charge in [-0.1, -0.05) is 6.07 Å². The lowest BCUT2D eigenvalue weighted by Gasteiger charge is -2.10. The SMILES string of the molecule is COc1cc(-n2cccc2)ccc1B(O)O. The van der Waals surface area contributed by atoms with Crippen molar-refractivity contribution in [2.24, 2.45) is 0 Å². The van der Waals surface area contributed by atoms with Crippen LogP contribution in [0.5, 0.6) is 5.75 Å². The zero-order valence-electron chi connectivity index (χ0n) is 8.87. The van der Waals surface area contributed by atoms with Crippen LogP contribution in [-0.2, 0) is 0 Å². The van der Waals surface area contributed by atoms with Crippen LogP contribution in [0.4, 0.5) is 0 Å². The maximum Gasteiger partial charge on any atom is 0.492 e. The van der Waals surface area contributed by atoms with E-state index in [9.17, 15) is 0 Å². The average Bonchev–Trinajstić information content (AvgIpc) is 2.81. The molecule has 1 aromatic carbocycles. The van der Waals surface area contributed by atoms with E-state index in [2.05, 4.69) is 0 Å². The van der Waals surface area contributed by atoms with Crippen molar-refractivity contribution in [3.05, 3.63) is 42.7 Å². The molecule has 2 N–H and O–H groups in total. The molecule has 0 bridgehead atoms. The first-order valence-corrected chi connectivity index (χ1v) is 4.90. The molecule has 0 radical (unpaired) electrons. The number of ether oxygens (including phenoxy) is 1. The second-order valence-electron chi connectivity index (χ2n) is 3.39. The van der Waals surface area contributed by atoms with Crippen molar-refractivity contribution in [1.82, 2.24) is 4.57 Å². The predicted octanol–water partition coefficient (Wildman–Crippen LogP) is 0.166. The summed E-state index contributed by atoms with van der Waals surface area (Å²) in [7, 11) is -0.0191. The van der Waals surface area contributed by atoms with Gasteiger partial charge in [-0.3, -0.25) is 0 Å². The molecule has 0 aliphatic heterocycles. The van der Waals surface area contributed by atoms with Crippen molar-refractivity contribution in [3.8, 4) is 11.4 Å². The summed E-state index contributed by atoms with van der Waals surface area (Å²) in [6.07, 6.45) is 3.81. The zero-order chi connectivity index (χ0) is 11.5. The van der Waals surface area contributed by atoms with Crippen LogP contribution in [0.25, 0.3) is 5.69 Å². The van der Waals surface area contributed by atoms with Crippen molar-refractivity contribution in [1.29, 1.82) is 0 Å². The Morgan fingerprint density at radius 3 is 2.44 bits per heavy atom. The van der Waals surface area contributed by atoms with E-state index in [4.69, 9.17) is 14.8 Å². The largest absolute Gasteiger partial charge is 0.497 e. The normalized spacial score (nSPS) is 10.2. The third-order valence-corrected chi connectivity index (χ3v) is 2.40. The molecule has 1 heterocycles. The van der Waals surface area contributed by atoms with Gasteiger partial charge in [0.05, 0.1) is 7.11 Å². The van der Waals surface area contributed by atoms with Gasteiger partial charge >= 0.3 is 7.12 Å². The second-order valence-corrected chi connectivity index (χ2v) is 3.39. The molecule has 2 aromatic rings. The predicted molar refractivity (Wildman–Crippen MR) is 62.1 cm³/mol. The molecule has 82 valence electrons. The summed E-state index contributed by atoms with van der Waals surface area (Å²) in [6, 6.07) is 9.04. The summed E-state index contributed by atoms with van der Waals surface area (Å²) < 4.78 is 7.02. The number of benzene rings is 1. The van der Waals surface area contributed by atoms with E-state index < -0.39 is 7.12 Å². The maximum absolute atomic E-state index is 9.13. The molecule has 2 rings (SSSR count). The van der Waals surface area contributed by atoms with Gasteiger partial charge in [-0.15, -0.1) is 0 Å². The molecule has 0 saturated carbocycles. The lowest BCUT2D eigenvalue weighted by Crippen LogP contribution is -2.31. The molecule has 4 nitrogen and oxygen atoms in total. The van der Waals surface area contributed by atoms with E-state index in [1.165, 1.54) is 7.11 Å². The highest BCUT2D eigenvalue weighted by atomic mass is 16.5. The molecule has 0 saturated heterocycles. The molecule has 1 aromatic heterocycles. The minimum absolute atomic E-state index is 0.360. The number of methoxy groups -OCH3 is 1. The van der Waals surface area contributed by atoms with E-state index in [0.717, 1.165) is 5.69 Å². The number of hydrogen-bond donors (Lipinski definition) is 2. The fourth-order valence-electron chi connectivity index (χ4n) is 1.58. The molecule has 0 aliphatic carbocycles. The summed E-state index contributed by atoms with van der Waals surface area (Å²) in [6.45, 7) is 0. The number of rotatable bonds is 3. The van der Waals surface area contributed by atoms with Crippen molar-refractivity contribution >= 4 is 12.6 Å². The van der Waals surface area contributed by atoms with E-state index in [1.807, 2.05) is 29.1 Å².